The van der Waals surface area contributed by atoms with Crippen molar-refractivity contribution in [2.75, 3.05) is 57.8 Å². The molecule has 5 rings (SSSR count). The lowest BCUT2D eigenvalue weighted by atomic mass is 9.72. The molecule has 1 unspecified atom stereocenters. The van der Waals surface area contributed by atoms with Gasteiger partial charge < -0.3 is 24.6 Å². The molecule has 1 aromatic carbocycles. The summed E-state index contributed by atoms with van der Waals surface area (Å²) in [5, 5.41) is 17.4. The van der Waals surface area contributed by atoms with Crippen LogP contribution < -0.4 is 15.0 Å². The van der Waals surface area contributed by atoms with Crippen molar-refractivity contribution in [2.45, 2.75) is 33.1 Å². The summed E-state index contributed by atoms with van der Waals surface area (Å²) in [6, 6.07) is 5.14. The van der Waals surface area contributed by atoms with Gasteiger partial charge in [-0.3, -0.25) is 4.90 Å². The SMILES string of the molecule is CNCC(O)COc1ccc(Cl)c(-c2nc(-c3c(C)noc3C)c(C)c(N3CC4(CN(CC(F)(F)F)C4)C3)n2)c1. The first-order valence-electron chi connectivity index (χ1n) is 13.0. The van der Waals surface area contributed by atoms with Crippen LogP contribution in [0, 0.1) is 26.2 Å². The Balaban J connectivity index is 1.47. The Morgan fingerprint density at radius 1 is 1.18 bits per heavy atom. The van der Waals surface area contributed by atoms with Gasteiger partial charge in [-0.15, -0.1) is 0 Å². The lowest BCUT2D eigenvalue weighted by Gasteiger charge is -2.61. The molecule has 2 aliphatic rings. The van der Waals surface area contributed by atoms with E-state index in [1.807, 2.05) is 20.8 Å². The highest BCUT2D eigenvalue weighted by atomic mass is 35.5. The summed E-state index contributed by atoms with van der Waals surface area (Å²) >= 11 is 6.61. The van der Waals surface area contributed by atoms with E-state index in [1.54, 1.807) is 25.2 Å². The minimum absolute atomic E-state index is 0.0907. The number of aliphatic hydroxyl groups is 1. The molecule has 1 atom stereocenters. The maximum absolute atomic E-state index is 12.8. The van der Waals surface area contributed by atoms with Crippen molar-refractivity contribution in [2.24, 2.45) is 5.41 Å². The van der Waals surface area contributed by atoms with Crippen molar-refractivity contribution >= 4 is 17.4 Å². The standard InChI is InChI=1S/C27H32ClF3N6O3/c1-15-23(22-16(2)35-40-17(22)3)33-24(20-7-19(5-6-21(20)28)39-9-18(38)8-32-4)34-25(15)37-12-26(13-37)10-36(11-26)14-27(29,30)31/h5-7,18,32,38H,8-14H2,1-4H3. The van der Waals surface area contributed by atoms with Gasteiger partial charge in [0.25, 0.3) is 0 Å². The van der Waals surface area contributed by atoms with Crippen LogP contribution in [0.25, 0.3) is 22.6 Å². The molecular formula is C27H32ClF3N6O3. The Morgan fingerprint density at radius 3 is 2.52 bits per heavy atom. The van der Waals surface area contributed by atoms with Crippen LogP contribution in [-0.2, 0) is 0 Å². The van der Waals surface area contributed by atoms with Crippen LogP contribution in [-0.4, -0.2) is 90.3 Å². The summed E-state index contributed by atoms with van der Waals surface area (Å²) < 4.78 is 49.6. The number of likely N-dealkylation sites (tertiary alicyclic amines) is 1. The second-order valence-electron chi connectivity index (χ2n) is 10.8. The number of anilines is 1. The van der Waals surface area contributed by atoms with Crippen molar-refractivity contribution in [1.82, 2.24) is 25.3 Å². The first-order chi connectivity index (χ1) is 18.9. The largest absolute Gasteiger partial charge is 0.491 e. The van der Waals surface area contributed by atoms with E-state index in [-0.39, 0.29) is 12.0 Å². The Bertz CT molecular complexity index is 1370. The predicted octanol–water partition coefficient (Wildman–Crippen LogP) is 4.02. The van der Waals surface area contributed by atoms with E-state index >= 15 is 0 Å². The number of aliphatic hydroxyl groups excluding tert-OH is 1. The van der Waals surface area contributed by atoms with Crippen molar-refractivity contribution in [3.05, 3.63) is 40.2 Å². The summed E-state index contributed by atoms with van der Waals surface area (Å²) in [6.07, 6.45) is -4.88. The van der Waals surface area contributed by atoms with Gasteiger partial charge in [-0.25, -0.2) is 9.97 Å². The first-order valence-corrected chi connectivity index (χ1v) is 13.4. The van der Waals surface area contributed by atoms with Crippen LogP contribution in [0.1, 0.15) is 17.0 Å². The molecule has 0 radical (unpaired) electrons. The number of nitrogens with zero attached hydrogens (tertiary/aromatic N) is 5. The van der Waals surface area contributed by atoms with Gasteiger partial charge in [-0.1, -0.05) is 16.8 Å². The van der Waals surface area contributed by atoms with Gasteiger partial charge in [0.1, 0.15) is 30.0 Å². The van der Waals surface area contributed by atoms with Crippen LogP contribution in [0.3, 0.4) is 0 Å². The summed E-state index contributed by atoms with van der Waals surface area (Å²) in [6.45, 7) is 7.17. The molecular weight excluding hydrogens is 549 g/mol. The lowest BCUT2D eigenvalue weighted by Crippen LogP contribution is -2.73. The number of ether oxygens (including phenoxy) is 1. The van der Waals surface area contributed by atoms with E-state index in [4.69, 9.17) is 30.8 Å². The minimum Gasteiger partial charge on any atom is -0.491 e. The number of aromatic nitrogens is 3. The average Bonchev–Trinajstić information content (AvgIpc) is 3.17. The summed E-state index contributed by atoms with van der Waals surface area (Å²) in [5.41, 5.74) is 3.28. The fourth-order valence-electron chi connectivity index (χ4n) is 5.63. The number of hydrogen-bond acceptors (Lipinski definition) is 9. The van der Waals surface area contributed by atoms with Gasteiger partial charge in [-0.2, -0.15) is 13.2 Å². The van der Waals surface area contributed by atoms with Gasteiger partial charge in [0.2, 0.25) is 0 Å². The molecule has 0 bridgehead atoms. The zero-order valence-electron chi connectivity index (χ0n) is 22.8. The third-order valence-electron chi connectivity index (χ3n) is 7.32. The van der Waals surface area contributed by atoms with Crippen LogP contribution in [0.5, 0.6) is 5.75 Å². The third-order valence-corrected chi connectivity index (χ3v) is 7.65. The zero-order chi connectivity index (χ0) is 28.8. The number of alkyl halides is 3. The molecule has 13 heteroatoms. The predicted molar refractivity (Wildman–Crippen MR) is 145 cm³/mol. The zero-order valence-corrected chi connectivity index (χ0v) is 23.5. The fraction of sp³-hybridized carbons (Fsp3) is 0.519. The molecule has 2 aromatic heterocycles. The van der Waals surface area contributed by atoms with Gasteiger partial charge in [0.15, 0.2) is 5.82 Å². The van der Waals surface area contributed by atoms with E-state index < -0.39 is 18.8 Å². The Labute approximate surface area is 235 Å². The molecule has 40 heavy (non-hydrogen) atoms. The Kier molecular flexibility index (Phi) is 7.73. The fourth-order valence-corrected chi connectivity index (χ4v) is 5.83. The number of nitrogens with one attached hydrogen (secondary N) is 1. The topological polar surface area (TPSA) is 99.8 Å². The highest BCUT2D eigenvalue weighted by Crippen LogP contribution is 2.45. The van der Waals surface area contributed by atoms with E-state index in [0.717, 1.165) is 11.1 Å². The molecule has 3 aromatic rings. The van der Waals surface area contributed by atoms with Gasteiger partial charge in [0, 0.05) is 49.3 Å². The number of hydrogen-bond donors (Lipinski definition) is 2. The monoisotopic (exact) mass is 580 g/mol. The Hall–Kier alpha value is -2.93. The lowest BCUT2D eigenvalue weighted by molar-refractivity contribution is -0.172. The molecule has 0 saturated carbocycles. The van der Waals surface area contributed by atoms with Crippen molar-refractivity contribution in [1.29, 1.82) is 0 Å². The van der Waals surface area contributed by atoms with Gasteiger partial charge >= 0.3 is 6.18 Å². The molecule has 2 fully saturated rings. The number of rotatable bonds is 9. The molecule has 0 aliphatic carbocycles. The third kappa shape index (κ3) is 5.76. The van der Waals surface area contributed by atoms with Crippen LogP contribution in [0.4, 0.5) is 19.0 Å². The number of likely N-dealkylation sites (N-methyl/N-ethyl adjacent to an activating group) is 1. The molecule has 2 aliphatic heterocycles. The van der Waals surface area contributed by atoms with Crippen molar-refractivity contribution in [3.8, 4) is 28.4 Å². The number of halogens is 4. The summed E-state index contributed by atoms with van der Waals surface area (Å²) in [4.78, 5) is 13.3. The van der Waals surface area contributed by atoms with Crippen LogP contribution >= 0.6 is 11.6 Å². The van der Waals surface area contributed by atoms with Gasteiger partial charge in [-0.05, 0) is 46.0 Å². The molecule has 0 amide bonds. The quantitative estimate of drug-likeness (QED) is 0.389. The molecule has 2 saturated heterocycles. The van der Waals surface area contributed by atoms with Crippen LogP contribution in [0.15, 0.2) is 22.7 Å². The normalized spacial score (nSPS) is 17.6. The second kappa shape index (κ2) is 10.8. The highest BCUT2D eigenvalue weighted by Gasteiger charge is 2.54. The van der Waals surface area contributed by atoms with Gasteiger partial charge in [0.05, 0.1) is 28.5 Å². The van der Waals surface area contributed by atoms with Crippen molar-refractivity contribution < 1.29 is 27.5 Å². The molecule has 9 nitrogen and oxygen atoms in total. The maximum Gasteiger partial charge on any atom is 0.401 e. The number of benzene rings is 1. The van der Waals surface area contributed by atoms with Crippen molar-refractivity contribution in [3.63, 3.8) is 0 Å². The van der Waals surface area contributed by atoms with E-state index in [9.17, 15) is 18.3 Å². The Morgan fingerprint density at radius 2 is 1.90 bits per heavy atom. The highest BCUT2D eigenvalue weighted by molar-refractivity contribution is 6.33. The summed E-state index contributed by atoms with van der Waals surface area (Å²) in [5.74, 6) is 2.17. The molecule has 1 spiro atoms. The smallest absolute Gasteiger partial charge is 0.401 e. The summed E-state index contributed by atoms with van der Waals surface area (Å²) in [7, 11) is 1.75. The number of aryl methyl sites for hydroxylation is 2. The molecule has 4 heterocycles. The molecule has 2 N–H and O–H groups in total. The minimum atomic E-state index is -4.20. The maximum atomic E-state index is 12.8. The molecule has 216 valence electrons. The van der Waals surface area contributed by atoms with E-state index in [1.165, 1.54) is 4.90 Å². The van der Waals surface area contributed by atoms with E-state index in [0.29, 0.717) is 77.8 Å². The average molecular weight is 581 g/mol. The first kappa shape index (κ1) is 28.6. The van der Waals surface area contributed by atoms with Crippen LogP contribution in [0.2, 0.25) is 5.02 Å². The van der Waals surface area contributed by atoms with E-state index in [2.05, 4.69) is 15.4 Å². The second-order valence-corrected chi connectivity index (χ2v) is 11.2.